The van der Waals surface area contributed by atoms with Crippen LogP contribution in [0.3, 0.4) is 0 Å². The van der Waals surface area contributed by atoms with E-state index < -0.39 is 22.4 Å². The number of nitrogens with zero attached hydrogens (tertiary/aromatic N) is 2. The van der Waals surface area contributed by atoms with Crippen LogP contribution in [0.1, 0.15) is 76.0 Å². The molecule has 4 N–H and O–H groups in total. The number of aromatic carboxylic acids is 2. The minimum absolute atomic E-state index is 0.0122. The molecule has 0 saturated carbocycles. The van der Waals surface area contributed by atoms with Gasteiger partial charge in [0.05, 0.1) is 44.1 Å². The first kappa shape index (κ1) is 30.1. The molecule has 0 bridgehead atoms. The summed E-state index contributed by atoms with van der Waals surface area (Å²) in [7, 11) is 2.28. The van der Waals surface area contributed by atoms with E-state index in [4.69, 9.17) is 12.8 Å². The van der Waals surface area contributed by atoms with Gasteiger partial charge in [0, 0.05) is 23.5 Å². The third-order valence-electron chi connectivity index (χ3n) is 6.58. The van der Waals surface area contributed by atoms with Crippen molar-refractivity contribution in [2.45, 2.75) is 24.3 Å². The van der Waals surface area contributed by atoms with Crippen LogP contribution in [0, 0.1) is 38.5 Å². The lowest BCUT2D eigenvalue weighted by Crippen LogP contribution is -2.11. The summed E-state index contributed by atoms with van der Waals surface area (Å²) in [6.07, 6.45) is 14.4. The molecular formula is C32H24N2O6S2. The van der Waals surface area contributed by atoms with Gasteiger partial charge in [-0.15, -0.1) is 12.8 Å². The van der Waals surface area contributed by atoms with Crippen LogP contribution in [0.5, 0.6) is 11.5 Å². The number of aromatic hydroxyl groups is 2. The van der Waals surface area contributed by atoms with E-state index in [1.807, 2.05) is 0 Å². The Kier molecular flexibility index (Phi) is 9.12. The summed E-state index contributed by atoms with van der Waals surface area (Å²) in [5, 5.41) is 40.6. The quantitative estimate of drug-likeness (QED) is 0.132. The molecule has 8 nitrogen and oxygen atoms in total. The lowest BCUT2D eigenvalue weighted by molar-refractivity contribution is 0.0685. The highest BCUT2D eigenvalue weighted by atomic mass is 33.1. The fourth-order valence-corrected chi connectivity index (χ4v) is 7.83. The lowest BCUT2D eigenvalue weighted by atomic mass is 9.95. The van der Waals surface area contributed by atoms with Crippen LogP contribution < -0.4 is 0 Å². The highest BCUT2D eigenvalue weighted by Gasteiger charge is 2.32. The molecular weight excluding hydrogens is 572 g/mol. The van der Waals surface area contributed by atoms with Gasteiger partial charge in [-0.05, 0) is 37.1 Å². The molecule has 10 heteroatoms. The zero-order valence-corrected chi connectivity index (χ0v) is 24.0. The third-order valence-corrected chi connectivity index (χ3v) is 9.54. The molecule has 0 aliphatic heterocycles. The van der Waals surface area contributed by atoms with Crippen molar-refractivity contribution in [2.24, 2.45) is 0 Å². The van der Waals surface area contributed by atoms with Crippen LogP contribution >= 0.6 is 21.6 Å². The van der Waals surface area contributed by atoms with E-state index in [2.05, 4.69) is 21.8 Å². The van der Waals surface area contributed by atoms with Crippen LogP contribution in [-0.2, 0) is 0 Å². The molecule has 2 aromatic carbocycles. The van der Waals surface area contributed by atoms with Crippen molar-refractivity contribution < 1.29 is 30.0 Å². The number of rotatable bonds is 9. The van der Waals surface area contributed by atoms with Crippen LogP contribution in [0.4, 0.5) is 0 Å². The maximum atomic E-state index is 12.3. The standard InChI is InChI=1S/C32H24N2O6S2/c1-5-19-15-33-17(3)27(35)25(19)29(21-11-7-9-13-23(21)31(37)38)41-42-30(22-12-8-10-14-24(22)32(39)40)26-20(6-2)16-34-18(4)28(26)36/h1-2,7-16,29-30,35-36H,3-4H3,(H,37,38)(H,39,40). The Morgan fingerprint density at radius 1 is 0.714 bits per heavy atom. The van der Waals surface area contributed by atoms with Crippen molar-refractivity contribution in [1.29, 1.82) is 0 Å². The van der Waals surface area contributed by atoms with Crippen LogP contribution in [0.25, 0.3) is 0 Å². The van der Waals surface area contributed by atoms with Crippen molar-refractivity contribution in [3.05, 3.63) is 117 Å². The summed E-state index contributed by atoms with van der Waals surface area (Å²) in [5.41, 5.74) is 2.30. The van der Waals surface area contributed by atoms with Crippen molar-refractivity contribution in [1.82, 2.24) is 9.97 Å². The minimum atomic E-state index is -1.18. The highest BCUT2D eigenvalue weighted by molar-refractivity contribution is 8.76. The van der Waals surface area contributed by atoms with Gasteiger partial charge in [-0.2, -0.15) is 0 Å². The summed E-state index contributed by atoms with van der Waals surface area (Å²) in [5.74, 6) is 2.30. The first-order valence-electron chi connectivity index (χ1n) is 12.4. The fourth-order valence-electron chi connectivity index (χ4n) is 4.45. The van der Waals surface area contributed by atoms with E-state index in [9.17, 15) is 30.0 Å². The molecule has 2 aromatic heterocycles. The highest BCUT2D eigenvalue weighted by Crippen LogP contribution is 2.56. The molecule has 42 heavy (non-hydrogen) atoms. The van der Waals surface area contributed by atoms with Gasteiger partial charge in [0.1, 0.15) is 11.5 Å². The van der Waals surface area contributed by atoms with Crippen molar-refractivity contribution in [2.75, 3.05) is 0 Å². The van der Waals surface area contributed by atoms with Crippen LogP contribution in [0.2, 0.25) is 0 Å². The van der Waals surface area contributed by atoms with E-state index in [1.54, 1.807) is 50.2 Å². The first-order chi connectivity index (χ1) is 20.1. The molecule has 2 heterocycles. The Balaban J connectivity index is 1.98. The zero-order chi connectivity index (χ0) is 30.6. The molecule has 0 aliphatic rings. The number of pyridine rings is 2. The fraction of sp³-hybridized carbons (Fsp3) is 0.125. The summed E-state index contributed by atoms with van der Waals surface area (Å²) in [4.78, 5) is 32.9. The second kappa shape index (κ2) is 12.7. The average molecular weight is 597 g/mol. The number of hydrogen-bond acceptors (Lipinski definition) is 8. The van der Waals surface area contributed by atoms with Crippen molar-refractivity contribution in [3.63, 3.8) is 0 Å². The minimum Gasteiger partial charge on any atom is -0.506 e. The van der Waals surface area contributed by atoms with Crippen LogP contribution in [0.15, 0.2) is 60.9 Å². The average Bonchev–Trinajstić information content (AvgIpc) is 2.99. The van der Waals surface area contributed by atoms with Gasteiger partial charge < -0.3 is 20.4 Å². The first-order valence-corrected chi connectivity index (χ1v) is 14.6. The maximum absolute atomic E-state index is 12.3. The van der Waals surface area contributed by atoms with Gasteiger partial charge in [-0.3, -0.25) is 9.97 Å². The second-order valence-electron chi connectivity index (χ2n) is 9.07. The molecule has 0 amide bonds. The number of aromatic nitrogens is 2. The van der Waals surface area contributed by atoms with Gasteiger partial charge in [-0.25, -0.2) is 9.59 Å². The predicted octanol–water partition coefficient (Wildman–Crippen LogP) is 6.12. The molecule has 2 unspecified atom stereocenters. The van der Waals surface area contributed by atoms with Gasteiger partial charge in [0.2, 0.25) is 0 Å². The van der Waals surface area contributed by atoms with Gasteiger partial charge in [-0.1, -0.05) is 69.8 Å². The molecule has 2 atom stereocenters. The number of benzene rings is 2. The van der Waals surface area contributed by atoms with Crippen LogP contribution in [-0.4, -0.2) is 42.3 Å². The number of terminal acetylenes is 2. The Hall–Kier alpha value is -4.90. The lowest BCUT2D eigenvalue weighted by Gasteiger charge is -2.26. The molecule has 0 radical (unpaired) electrons. The number of carbonyl (C=O) groups is 2. The SMILES string of the molecule is C#Cc1cnc(C)c(O)c1C(SSC(c1ccccc1C(=O)O)c1c(C#C)cnc(C)c1O)c1ccccc1C(=O)O. The Bertz CT molecular complexity index is 1660. The molecule has 0 aliphatic carbocycles. The largest absolute Gasteiger partial charge is 0.506 e. The molecule has 0 saturated heterocycles. The smallest absolute Gasteiger partial charge is 0.336 e. The molecule has 4 rings (SSSR count). The Labute approximate surface area is 250 Å². The monoisotopic (exact) mass is 596 g/mol. The Morgan fingerprint density at radius 3 is 1.40 bits per heavy atom. The molecule has 0 fully saturated rings. The normalized spacial score (nSPS) is 12.1. The van der Waals surface area contributed by atoms with E-state index in [0.717, 1.165) is 21.6 Å². The summed E-state index contributed by atoms with van der Waals surface area (Å²) < 4.78 is 0. The van der Waals surface area contributed by atoms with E-state index >= 15 is 0 Å². The molecule has 0 spiro atoms. The van der Waals surface area contributed by atoms with E-state index in [-0.39, 0.29) is 56.3 Å². The predicted molar refractivity (Wildman–Crippen MR) is 163 cm³/mol. The molecule has 210 valence electrons. The van der Waals surface area contributed by atoms with Crippen molar-refractivity contribution >= 4 is 33.5 Å². The topological polar surface area (TPSA) is 141 Å². The van der Waals surface area contributed by atoms with E-state index in [0.29, 0.717) is 11.1 Å². The summed E-state index contributed by atoms with van der Waals surface area (Å²) in [6, 6.07) is 12.7. The third kappa shape index (κ3) is 5.77. The summed E-state index contributed by atoms with van der Waals surface area (Å²) >= 11 is 0. The number of carboxylic acids is 2. The Morgan fingerprint density at radius 2 is 1.07 bits per heavy atom. The number of hydrogen-bond donors (Lipinski definition) is 4. The van der Waals surface area contributed by atoms with E-state index in [1.165, 1.54) is 24.5 Å². The van der Waals surface area contributed by atoms with Gasteiger partial charge in [0.25, 0.3) is 0 Å². The number of aryl methyl sites for hydroxylation is 2. The number of carboxylic acid groups (broad SMARTS) is 2. The van der Waals surface area contributed by atoms with Gasteiger partial charge >= 0.3 is 11.9 Å². The van der Waals surface area contributed by atoms with Gasteiger partial charge in [0.15, 0.2) is 0 Å². The maximum Gasteiger partial charge on any atom is 0.336 e. The zero-order valence-electron chi connectivity index (χ0n) is 22.4. The summed E-state index contributed by atoms with van der Waals surface area (Å²) in [6.45, 7) is 3.19. The van der Waals surface area contributed by atoms with Crippen molar-refractivity contribution in [3.8, 4) is 36.2 Å². The second-order valence-corrected chi connectivity index (χ2v) is 11.5. The molecule has 4 aromatic rings.